The van der Waals surface area contributed by atoms with Crippen LogP contribution in [0.25, 0.3) is 6.08 Å². The van der Waals surface area contributed by atoms with E-state index in [1.807, 2.05) is 6.07 Å². The molecule has 2 nitrogen and oxygen atoms in total. The minimum absolute atomic E-state index is 0.0495. The molecule has 1 aromatic rings. The highest BCUT2D eigenvalue weighted by atomic mass is 35.5. The number of carbonyl (C=O) groups is 1. The molecule has 0 radical (unpaired) electrons. The molecule has 0 aliphatic heterocycles. The molecule has 0 heterocycles. The van der Waals surface area contributed by atoms with Crippen LogP contribution in [0.2, 0.25) is 10.0 Å². The van der Waals surface area contributed by atoms with Crippen molar-refractivity contribution in [1.82, 2.24) is 5.32 Å². The Labute approximate surface area is 136 Å². The van der Waals surface area contributed by atoms with Gasteiger partial charge in [-0.25, -0.2) is 0 Å². The van der Waals surface area contributed by atoms with E-state index < -0.39 is 0 Å². The first-order chi connectivity index (χ1) is 10.1. The third-order valence-corrected chi connectivity index (χ3v) is 4.39. The smallest absolute Gasteiger partial charge is 0.244 e. The molecule has 0 bridgehead atoms. The third-order valence-electron chi connectivity index (χ3n) is 3.83. The molecule has 1 N–H and O–H groups in total. The molecule has 1 amide bonds. The molecule has 0 unspecified atom stereocenters. The zero-order valence-corrected chi connectivity index (χ0v) is 13.6. The van der Waals surface area contributed by atoms with Gasteiger partial charge in [-0.3, -0.25) is 4.79 Å². The van der Waals surface area contributed by atoms with Gasteiger partial charge in [0.25, 0.3) is 0 Å². The Bertz CT molecular complexity index is 506. The monoisotopic (exact) mass is 325 g/mol. The minimum Gasteiger partial charge on any atom is -0.350 e. The normalized spacial score (nSPS) is 17.4. The molecule has 0 atom stereocenters. The number of carbonyl (C=O) groups excluding carboxylic acids is 1. The molecule has 0 saturated heterocycles. The number of hydrogen-bond acceptors (Lipinski definition) is 1. The largest absolute Gasteiger partial charge is 0.350 e. The second-order valence-electron chi connectivity index (χ2n) is 5.55. The quantitative estimate of drug-likeness (QED) is 0.757. The number of amides is 1. The van der Waals surface area contributed by atoms with Crippen molar-refractivity contribution in [3.05, 3.63) is 39.9 Å². The summed E-state index contributed by atoms with van der Waals surface area (Å²) in [5, 5.41) is 4.24. The van der Waals surface area contributed by atoms with Crippen LogP contribution in [0, 0.1) is 0 Å². The van der Waals surface area contributed by atoms with E-state index in [0.29, 0.717) is 16.1 Å². The van der Waals surface area contributed by atoms with Crippen molar-refractivity contribution >= 4 is 35.2 Å². The minimum atomic E-state index is -0.0495. The van der Waals surface area contributed by atoms with Crippen molar-refractivity contribution in [2.75, 3.05) is 0 Å². The molecular weight excluding hydrogens is 305 g/mol. The molecular formula is C17H21Cl2NO. The van der Waals surface area contributed by atoms with E-state index >= 15 is 0 Å². The van der Waals surface area contributed by atoms with Gasteiger partial charge in [0.05, 0.1) is 0 Å². The maximum atomic E-state index is 12.0. The average molecular weight is 326 g/mol. The lowest BCUT2D eigenvalue weighted by atomic mass is 9.97. The number of halogens is 2. The van der Waals surface area contributed by atoms with Crippen LogP contribution in [-0.4, -0.2) is 11.9 Å². The zero-order chi connectivity index (χ0) is 15.1. The molecule has 4 heteroatoms. The standard InChI is InChI=1S/C17H21Cl2NO/c18-14-10-8-13(16(19)12-14)9-11-17(21)20-15-6-4-2-1-3-5-7-15/h8-12,15H,1-7H2,(H,20,21)/b11-9-. The molecule has 2 rings (SSSR count). The predicted octanol–water partition coefficient (Wildman–Crippen LogP) is 5.24. The van der Waals surface area contributed by atoms with Crippen LogP contribution in [0.4, 0.5) is 0 Å². The Balaban J connectivity index is 1.89. The van der Waals surface area contributed by atoms with Crippen molar-refractivity contribution in [3.63, 3.8) is 0 Å². The van der Waals surface area contributed by atoms with E-state index in [1.165, 1.54) is 32.1 Å². The van der Waals surface area contributed by atoms with Gasteiger partial charge in [0.1, 0.15) is 0 Å². The highest BCUT2D eigenvalue weighted by Crippen LogP contribution is 2.22. The molecule has 1 aliphatic rings. The van der Waals surface area contributed by atoms with E-state index in [0.717, 1.165) is 18.4 Å². The van der Waals surface area contributed by atoms with E-state index in [2.05, 4.69) is 5.32 Å². The van der Waals surface area contributed by atoms with Gasteiger partial charge in [-0.1, -0.05) is 61.4 Å². The Morgan fingerprint density at radius 3 is 2.43 bits per heavy atom. The van der Waals surface area contributed by atoms with Crippen molar-refractivity contribution in [1.29, 1.82) is 0 Å². The number of benzene rings is 1. The summed E-state index contributed by atoms with van der Waals surface area (Å²) >= 11 is 11.9. The summed E-state index contributed by atoms with van der Waals surface area (Å²) in [7, 11) is 0. The summed E-state index contributed by atoms with van der Waals surface area (Å²) in [5.74, 6) is -0.0495. The Morgan fingerprint density at radius 1 is 1.10 bits per heavy atom. The topological polar surface area (TPSA) is 29.1 Å². The summed E-state index contributed by atoms with van der Waals surface area (Å²) in [4.78, 5) is 12.0. The van der Waals surface area contributed by atoms with Crippen molar-refractivity contribution in [3.8, 4) is 0 Å². The summed E-state index contributed by atoms with van der Waals surface area (Å²) < 4.78 is 0. The Hall–Kier alpha value is -0.990. The van der Waals surface area contributed by atoms with Crippen LogP contribution in [0.1, 0.15) is 50.5 Å². The maximum absolute atomic E-state index is 12.0. The molecule has 1 aromatic carbocycles. The van der Waals surface area contributed by atoms with E-state index in [9.17, 15) is 4.79 Å². The summed E-state index contributed by atoms with van der Waals surface area (Å²) in [6.07, 6.45) is 11.8. The number of rotatable bonds is 3. The molecule has 1 aliphatic carbocycles. The van der Waals surface area contributed by atoms with Gasteiger partial charge in [0, 0.05) is 22.2 Å². The predicted molar refractivity (Wildman–Crippen MR) is 89.7 cm³/mol. The van der Waals surface area contributed by atoms with Crippen LogP contribution >= 0.6 is 23.2 Å². The first kappa shape index (κ1) is 16.4. The highest BCUT2D eigenvalue weighted by Gasteiger charge is 2.12. The number of nitrogens with one attached hydrogen (secondary N) is 1. The van der Waals surface area contributed by atoms with Crippen LogP contribution < -0.4 is 5.32 Å². The summed E-state index contributed by atoms with van der Waals surface area (Å²) in [6, 6.07) is 5.56. The van der Waals surface area contributed by atoms with Gasteiger partial charge in [-0.2, -0.15) is 0 Å². The molecule has 0 aromatic heterocycles. The van der Waals surface area contributed by atoms with Crippen LogP contribution in [-0.2, 0) is 4.79 Å². The first-order valence-corrected chi connectivity index (χ1v) is 8.34. The summed E-state index contributed by atoms with van der Waals surface area (Å²) in [6.45, 7) is 0. The second kappa shape index (κ2) is 8.45. The lowest BCUT2D eigenvalue weighted by Gasteiger charge is -2.20. The molecule has 1 saturated carbocycles. The average Bonchev–Trinajstić information content (AvgIpc) is 2.41. The van der Waals surface area contributed by atoms with Gasteiger partial charge >= 0.3 is 0 Å². The van der Waals surface area contributed by atoms with Gasteiger partial charge < -0.3 is 5.32 Å². The van der Waals surface area contributed by atoms with Gasteiger partial charge in [-0.05, 0) is 36.6 Å². The van der Waals surface area contributed by atoms with Crippen LogP contribution in [0.3, 0.4) is 0 Å². The van der Waals surface area contributed by atoms with Crippen LogP contribution in [0.15, 0.2) is 24.3 Å². The van der Waals surface area contributed by atoms with Gasteiger partial charge in [0.15, 0.2) is 0 Å². The lowest BCUT2D eigenvalue weighted by Crippen LogP contribution is -2.34. The van der Waals surface area contributed by atoms with E-state index in [1.54, 1.807) is 24.3 Å². The fraction of sp³-hybridized carbons (Fsp3) is 0.471. The van der Waals surface area contributed by atoms with Crippen molar-refractivity contribution in [2.45, 2.75) is 51.0 Å². The SMILES string of the molecule is O=C(/C=C\c1ccc(Cl)cc1Cl)NC1CCCCCCC1. The third kappa shape index (κ3) is 5.72. The van der Waals surface area contributed by atoms with Crippen molar-refractivity contribution < 1.29 is 4.79 Å². The lowest BCUT2D eigenvalue weighted by molar-refractivity contribution is -0.117. The first-order valence-electron chi connectivity index (χ1n) is 7.59. The summed E-state index contributed by atoms with van der Waals surface area (Å²) in [5.41, 5.74) is 0.800. The van der Waals surface area contributed by atoms with Crippen LogP contribution in [0.5, 0.6) is 0 Å². The fourth-order valence-corrected chi connectivity index (χ4v) is 3.12. The van der Waals surface area contributed by atoms with Gasteiger partial charge in [-0.15, -0.1) is 0 Å². The Kier molecular flexibility index (Phi) is 6.59. The number of hydrogen-bond donors (Lipinski definition) is 1. The van der Waals surface area contributed by atoms with Crippen molar-refractivity contribution in [2.24, 2.45) is 0 Å². The highest BCUT2D eigenvalue weighted by molar-refractivity contribution is 6.35. The van der Waals surface area contributed by atoms with E-state index in [-0.39, 0.29) is 5.91 Å². The maximum Gasteiger partial charge on any atom is 0.244 e. The zero-order valence-electron chi connectivity index (χ0n) is 12.1. The Morgan fingerprint density at radius 2 is 1.76 bits per heavy atom. The fourth-order valence-electron chi connectivity index (χ4n) is 2.65. The van der Waals surface area contributed by atoms with Gasteiger partial charge in [0.2, 0.25) is 5.91 Å². The molecule has 21 heavy (non-hydrogen) atoms. The molecule has 114 valence electrons. The van der Waals surface area contributed by atoms with E-state index in [4.69, 9.17) is 23.2 Å². The second-order valence-corrected chi connectivity index (χ2v) is 6.39. The molecule has 0 spiro atoms. The molecule has 1 fully saturated rings.